The first-order valence-corrected chi connectivity index (χ1v) is 6.94. The Morgan fingerprint density at radius 2 is 2.00 bits per heavy atom. The number of anilines is 1. The van der Waals surface area contributed by atoms with Crippen molar-refractivity contribution in [2.24, 2.45) is 0 Å². The monoisotopic (exact) mass is 264 g/mol. The van der Waals surface area contributed by atoms with Crippen LogP contribution in [0.5, 0.6) is 5.75 Å². The number of hydrogen-bond donors (Lipinski definition) is 2. The van der Waals surface area contributed by atoms with Gasteiger partial charge in [-0.1, -0.05) is 31.9 Å². The van der Waals surface area contributed by atoms with Crippen molar-refractivity contribution in [2.45, 2.75) is 46.1 Å². The Labute approximate surface area is 115 Å². The fourth-order valence-corrected chi connectivity index (χ4v) is 1.67. The number of ether oxygens (including phenoxy) is 1. The minimum atomic E-state index is -0.184. The summed E-state index contributed by atoms with van der Waals surface area (Å²) in [5.41, 5.74) is 0.698. The third-order valence-corrected chi connectivity index (χ3v) is 2.56. The molecule has 0 atom stereocenters. The van der Waals surface area contributed by atoms with E-state index in [1.807, 2.05) is 38.1 Å². The van der Waals surface area contributed by atoms with E-state index >= 15 is 0 Å². The molecule has 0 saturated carbocycles. The van der Waals surface area contributed by atoms with Gasteiger partial charge >= 0.3 is 6.03 Å². The Kier molecular flexibility index (Phi) is 6.79. The Morgan fingerprint density at radius 3 is 2.68 bits per heavy atom. The zero-order valence-electron chi connectivity index (χ0n) is 12.0. The third-order valence-electron chi connectivity index (χ3n) is 2.56. The number of carbonyl (C=O) groups is 1. The zero-order valence-corrected chi connectivity index (χ0v) is 12.0. The highest BCUT2D eigenvalue weighted by Crippen LogP contribution is 2.24. The van der Waals surface area contributed by atoms with E-state index in [-0.39, 0.29) is 12.1 Å². The van der Waals surface area contributed by atoms with Crippen LogP contribution in [-0.2, 0) is 0 Å². The molecule has 4 nitrogen and oxygen atoms in total. The van der Waals surface area contributed by atoms with E-state index in [2.05, 4.69) is 17.6 Å². The van der Waals surface area contributed by atoms with Crippen molar-refractivity contribution in [3.63, 3.8) is 0 Å². The molecule has 1 rings (SSSR count). The molecule has 4 heteroatoms. The molecule has 0 aliphatic rings. The van der Waals surface area contributed by atoms with Crippen molar-refractivity contribution in [1.82, 2.24) is 5.32 Å². The van der Waals surface area contributed by atoms with Crippen LogP contribution in [0.1, 0.15) is 40.0 Å². The van der Waals surface area contributed by atoms with Crippen molar-refractivity contribution < 1.29 is 9.53 Å². The zero-order chi connectivity index (χ0) is 14.1. The standard InChI is InChI=1S/C15H24N2O2/c1-4-5-8-11-16-15(18)17-13-9-6-7-10-14(13)19-12(2)3/h6-7,9-10,12H,4-5,8,11H2,1-3H3,(H2,16,17,18). The molecule has 0 bridgehead atoms. The number of urea groups is 1. The van der Waals surface area contributed by atoms with Crippen LogP contribution in [0.3, 0.4) is 0 Å². The molecule has 0 spiro atoms. The number of rotatable bonds is 7. The topological polar surface area (TPSA) is 50.4 Å². The predicted molar refractivity (Wildman–Crippen MR) is 78.8 cm³/mol. The molecular weight excluding hydrogens is 240 g/mol. The van der Waals surface area contributed by atoms with Crippen molar-refractivity contribution in [3.8, 4) is 5.75 Å². The fourth-order valence-electron chi connectivity index (χ4n) is 1.67. The average molecular weight is 264 g/mol. The lowest BCUT2D eigenvalue weighted by Crippen LogP contribution is -2.29. The van der Waals surface area contributed by atoms with E-state index in [0.717, 1.165) is 19.3 Å². The first-order valence-electron chi connectivity index (χ1n) is 6.94. The summed E-state index contributed by atoms with van der Waals surface area (Å²) in [5.74, 6) is 0.696. The van der Waals surface area contributed by atoms with Crippen LogP contribution in [0.15, 0.2) is 24.3 Å². The molecule has 0 saturated heterocycles. The van der Waals surface area contributed by atoms with E-state index in [0.29, 0.717) is 18.0 Å². The van der Waals surface area contributed by atoms with Gasteiger partial charge in [-0.25, -0.2) is 4.79 Å². The summed E-state index contributed by atoms with van der Waals surface area (Å²) in [5, 5.41) is 5.66. The molecule has 0 heterocycles. The van der Waals surface area contributed by atoms with Crippen LogP contribution in [0.25, 0.3) is 0 Å². The molecule has 0 fully saturated rings. The quantitative estimate of drug-likeness (QED) is 0.736. The molecule has 2 N–H and O–H groups in total. The molecule has 0 aliphatic heterocycles. The summed E-state index contributed by atoms with van der Waals surface area (Å²) in [6.07, 6.45) is 3.37. The lowest BCUT2D eigenvalue weighted by molar-refractivity contribution is 0.241. The van der Waals surface area contributed by atoms with E-state index < -0.39 is 0 Å². The van der Waals surface area contributed by atoms with Gasteiger partial charge < -0.3 is 15.4 Å². The Hall–Kier alpha value is -1.71. The number of para-hydroxylation sites is 2. The number of unbranched alkanes of at least 4 members (excludes halogenated alkanes) is 2. The molecule has 1 aromatic rings. The van der Waals surface area contributed by atoms with Crippen molar-refractivity contribution in [3.05, 3.63) is 24.3 Å². The molecular formula is C15H24N2O2. The summed E-state index contributed by atoms with van der Waals surface area (Å²) in [6.45, 7) is 6.76. The largest absolute Gasteiger partial charge is 0.489 e. The van der Waals surface area contributed by atoms with Crippen LogP contribution >= 0.6 is 0 Å². The van der Waals surface area contributed by atoms with Crippen LogP contribution in [0.2, 0.25) is 0 Å². The van der Waals surface area contributed by atoms with E-state index in [9.17, 15) is 4.79 Å². The Bertz CT molecular complexity index is 391. The van der Waals surface area contributed by atoms with Gasteiger partial charge in [0.25, 0.3) is 0 Å². The Morgan fingerprint density at radius 1 is 1.26 bits per heavy atom. The molecule has 2 amide bonds. The normalized spacial score (nSPS) is 10.3. The van der Waals surface area contributed by atoms with Gasteiger partial charge in [0.1, 0.15) is 5.75 Å². The van der Waals surface area contributed by atoms with Crippen molar-refractivity contribution in [1.29, 1.82) is 0 Å². The fraction of sp³-hybridized carbons (Fsp3) is 0.533. The number of amides is 2. The molecule has 0 radical (unpaired) electrons. The highest BCUT2D eigenvalue weighted by Gasteiger charge is 2.07. The predicted octanol–water partition coefficient (Wildman–Crippen LogP) is 3.79. The second-order valence-corrected chi connectivity index (χ2v) is 4.75. The SMILES string of the molecule is CCCCCNC(=O)Nc1ccccc1OC(C)C. The number of nitrogens with one attached hydrogen (secondary N) is 2. The molecule has 106 valence electrons. The van der Waals surface area contributed by atoms with Crippen molar-refractivity contribution in [2.75, 3.05) is 11.9 Å². The highest BCUT2D eigenvalue weighted by atomic mass is 16.5. The summed E-state index contributed by atoms with van der Waals surface area (Å²) in [4.78, 5) is 11.7. The molecule has 19 heavy (non-hydrogen) atoms. The van der Waals surface area contributed by atoms with Gasteiger partial charge in [0.2, 0.25) is 0 Å². The first kappa shape index (κ1) is 15.3. The van der Waals surface area contributed by atoms with Gasteiger partial charge in [-0.15, -0.1) is 0 Å². The first-order chi connectivity index (χ1) is 9.13. The molecule has 1 aromatic carbocycles. The van der Waals surface area contributed by atoms with Gasteiger partial charge in [0.15, 0.2) is 0 Å². The molecule has 0 aliphatic carbocycles. The van der Waals surface area contributed by atoms with E-state index in [1.165, 1.54) is 0 Å². The maximum atomic E-state index is 11.7. The summed E-state index contributed by atoms with van der Waals surface area (Å²) < 4.78 is 5.65. The second kappa shape index (κ2) is 8.40. The average Bonchev–Trinajstić information content (AvgIpc) is 2.36. The van der Waals surface area contributed by atoms with Crippen LogP contribution in [0, 0.1) is 0 Å². The summed E-state index contributed by atoms with van der Waals surface area (Å²) in [6, 6.07) is 7.27. The molecule has 0 unspecified atom stereocenters. The Balaban J connectivity index is 2.49. The van der Waals surface area contributed by atoms with Gasteiger partial charge in [-0.3, -0.25) is 0 Å². The lowest BCUT2D eigenvalue weighted by Gasteiger charge is -2.15. The van der Waals surface area contributed by atoms with Crippen LogP contribution < -0.4 is 15.4 Å². The summed E-state index contributed by atoms with van der Waals surface area (Å²) >= 11 is 0. The molecule has 0 aromatic heterocycles. The number of hydrogen-bond acceptors (Lipinski definition) is 2. The number of carbonyl (C=O) groups excluding carboxylic acids is 1. The lowest BCUT2D eigenvalue weighted by atomic mass is 10.2. The summed E-state index contributed by atoms with van der Waals surface area (Å²) in [7, 11) is 0. The minimum absolute atomic E-state index is 0.0792. The van der Waals surface area contributed by atoms with Gasteiger partial charge in [0.05, 0.1) is 11.8 Å². The van der Waals surface area contributed by atoms with Gasteiger partial charge in [-0.05, 0) is 32.4 Å². The van der Waals surface area contributed by atoms with Crippen LogP contribution in [-0.4, -0.2) is 18.7 Å². The minimum Gasteiger partial charge on any atom is -0.489 e. The number of benzene rings is 1. The maximum absolute atomic E-state index is 11.7. The van der Waals surface area contributed by atoms with E-state index in [1.54, 1.807) is 0 Å². The third kappa shape index (κ3) is 6.13. The van der Waals surface area contributed by atoms with Crippen LogP contribution in [0.4, 0.5) is 10.5 Å². The highest BCUT2D eigenvalue weighted by molar-refractivity contribution is 5.90. The van der Waals surface area contributed by atoms with Crippen molar-refractivity contribution >= 4 is 11.7 Å². The van der Waals surface area contributed by atoms with Gasteiger partial charge in [0, 0.05) is 6.54 Å². The smallest absolute Gasteiger partial charge is 0.319 e. The maximum Gasteiger partial charge on any atom is 0.319 e. The van der Waals surface area contributed by atoms with Gasteiger partial charge in [-0.2, -0.15) is 0 Å². The van der Waals surface area contributed by atoms with E-state index in [4.69, 9.17) is 4.74 Å². The second-order valence-electron chi connectivity index (χ2n) is 4.75.